The molecule has 0 radical (unpaired) electrons. The van der Waals surface area contributed by atoms with Crippen LogP contribution in [0.4, 0.5) is 4.79 Å². The molecule has 3 rings (SSSR count). The number of nitrogens with one attached hydrogen (secondary N) is 2. The molecule has 2 amide bonds. The Bertz CT molecular complexity index is 990. The van der Waals surface area contributed by atoms with Gasteiger partial charge >= 0.3 is 12.1 Å². The number of benzene rings is 2. The molecule has 0 bridgehead atoms. The lowest BCUT2D eigenvalue weighted by atomic mass is 9.89. The van der Waals surface area contributed by atoms with Crippen LogP contribution in [0.5, 0.6) is 0 Å². The fourth-order valence-corrected chi connectivity index (χ4v) is 4.81. The minimum absolute atomic E-state index is 0.0358. The molecule has 0 saturated carbocycles. The maximum Gasteiger partial charge on any atom is 0.407 e. The van der Waals surface area contributed by atoms with Gasteiger partial charge in [-0.25, -0.2) is 4.79 Å². The number of carboxylic acid groups (broad SMARTS) is 1. The second-order valence-corrected chi connectivity index (χ2v) is 9.24. The van der Waals surface area contributed by atoms with E-state index in [0.29, 0.717) is 6.42 Å². The van der Waals surface area contributed by atoms with E-state index < -0.39 is 30.1 Å². The van der Waals surface area contributed by atoms with Crippen molar-refractivity contribution in [1.82, 2.24) is 10.6 Å². The summed E-state index contributed by atoms with van der Waals surface area (Å²) in [7, 11) is 0. The normalized spacial score (nSPS) is 15.1. The SMILES string of the molecule is CC[C@H](CC(=O)NC(C)C(C(=O)O)C(C)C)NC(=O)OCC1c2ccccc2-c2ccccc21. The lowest BCUT2D eigenvalue weighted by Gasteiger charge is -2.25. The van der Waals surface area contributed by atoms with Crippen molar-refractivity contribution in [2.24, 2.45) is 11.8 Å². The summed E-state index contributed by atoms with van der Waals surface area (Å²) in [5.74, 6) is -2.07. The van der Waals surface area contributed by atoms with Crippen molar-refractivity contribution in [2.75, 3.05) is 6.61 Å². The van der Waals surface area contributed by atoms with Crippen LogP contribution in [0, 0.1) is 11.8 Å². The summed E-state index contributed by atoms with van der Waals surface area (Å²) < 4.78 is 5.58. The van der Waals surface area contributed by atoms with Crippen LogP contribution in [-0.4, -0.2) is 41.8 Å². The summed E-state index contributed by atoms with van der Waals surface area (Å²) in [6, 6.07) is 15.3. The number of aliphatic carboxylic acids is 1. The highest BCUT2D eigenvalue weighted by atomic mass is 16.5. The number of amides is 2. The molecule has 0 aliphatic heterocycles. The molecular weight excluding hydrogens is 432 g/mol. The number of hydrogen-bond donors (Lipinski definition) is 3. The van der Waals surface area contributed by atoms with E-state index in [1.54, 1.807) is 6.92 Å². The molecule has 0 aromatic heterocycles. The lowest BCUT2D eigenvalue weighted by molar-refractivity contribution is -0.144. The third-order valence-electron chi connectivity index (χ3n) is 6.52. The Labute approximate surface area is 200 Å². The van der Waals surface area contributed by atoms with Crippen LogP contribution in [0.1, 0.15) is 57.6 Å². The van der Waals surface area contributed by atoms with Gasteiger partial charge in [-0.1, -0.05) is 69.3 Å². The smallest absolute Gasteiger partial charge is 0.407 e. The van der Waals surface area contributed by atoms with Gasteiger partial charge in [0.05, 0.1) is 5.92 Å². The Hall–Kier alpha value is -3.35. The molecule has 2 aromatic carbocycles. The van der Waals surface area contributed by atoms with Gasteiger partial charge < -0.3 is 20.5 Å². The first kappa shape index (κ1) is 25.3. The van der Waals surface area contributed by atoms with Gasteiger partial charge in [-0.2, -0.15) is 0 Å². The van der Waals surface area contributed by atoms with Crippen molar-refractivity contribution < 1.29 is 24.2 Å². The molecule has 1 aliphatic rings. The monoisotopic (exact) mass is 466 g/mol. The van der Waals surface area contributed by atoms with Crippen LogP contribution in [0.3, 0.4) is 0 Å². The van der Waals surface area contributed by atoms with Gasteiger partial charge in [0.1, 0.15) is 6.61 Å². The molecule has 2 aromatic rings. The van der Waals surface area contributed by atoms with E-state index in [-0.39, 0.29) is 30.8 Å². The van der Waals surface area contributed by atoms with Crippen molar-refractivity contribution in [1.29, 1.82) is 0 Å². The molecule has 7 heteroatoms. The zero-order chi connectivity index (χ0) is 24.8. The third-order valence-corrected chi connectivity index (χ3v) is 6.52. The summed E-state index contributed by atoms with van der Waals surface area (Å²) >= 11 is 0. The van der Waals surface area contributed by atoms with Crippen LogP contribution in [0.25, 0.3) is 11.1 Å². The van der Waals surface area contributed by atoms with Crippen molar-refractivity contribution in [3.63, 3.8) is 0 Å². The number of ether oxygens (including phenoxy) is 1. The highest BCUT2D eigenvalue weighted by Gasteiger charge is 2.31. The van der Waals surface area contributed by atoms with Gasteiger partial charge in [0, 0.05) is 24.4 Å². The van der Waals surface area contributed by atoms with E-state index >= 15 is 0 Å². The fourth-order valence-electron chi connectivity index (χ4n) is 4.81. The first-order valence-corrected chi connectivity index (χ1v) is 11.9. The van der Waals surface area contributed by atoms with Crippen molar-refractivity contribution in [3.8, 4) is 11.1 Å². The predicted molar refractivity (Wildman–Crippen MR) is 130 cm³/mol. The van der Waals surface area contributed by atoms with Crippen molar-refractivity contribution >= 4 is 18.0 Å². The van der Waals surface area contributed by atoms with E-state index in [0.717, 1.165) is 22.3 Å². The van der Waals surface area contributed by atoms with E-state index in [1.807, 2.05) is 45.0 Å². The zero-order valence-corrected chi connectivity index (χ0v) is 20.2. The van der Waals surface area contributed by atoms with Crippen LogP contribution in [-0.2, 0) is 14.3 Å². The minimum Gasteiger partial charge on any atom is -0.481 e. The van der Waals surface area contributed by atoms with E-state index in [9.17, 15) is 19.5 Å². The fraction of sp³-hybridized carbons (Fsp3) is 0.444. The Morgan fingerprint density at radius 2 is 1.50 bits per heavy atom. The maximum absolute atomic E-state index is 12.5. The molecule has 1 aliphatic carbocycles. The number of rotatable bonds is 10. The molecule has 182 valence electrons. The van der Waals surface area contributed by atoms with E-state index in [2.05, 4.69) is 34.9 Å². The van der Waals surface area contributed by atoms with Gasteiger partial charge in [-0.05, 0) is 41.5 Å². The summed E-state index contributed by atoms with van der Waals surface area (Å²) in [4.78, 5) is 36.5. The molecular formula is C27H34N2O5. The molecule has 0 saturated heterocycles. The maximum atomic E-state index is 12.5. The first-order valence-electron chi connectivity index (χ1n) is 11.9. The summed E-state index contributed by atoms with van der Waals surface area (Å²) in [5.41, 5.74) is 4.58. The van der Waals surface area contributed by atoms with Crippen LogP contribution >= 0.6 is 0 Å². The predicted octanol–water partition coefficient (Wildman–Crippen LogP) is 4.56. The average Bonchev–Trinajstić information content (AvgIpc) is 3.10. The second kappa shape index (κ2) is 11.2. The van der Waals surface area contributed by atoms with Crippen LogP contribution in [0.2, 0.25) is 0 Å². The van der Waals surface area contributed by atoms with Crippen LogP contribution in [0.15, 0.2) is 48.5 Å². The average molecular weight is 467 g/mol. The largest absolute Gasteiger partial charge is 0.481 e. The third kappa shape index (κ3) is 5.76. The molecule has 0 fully saturated rings. The Morgan fingerprint density at radius 1 is 0.941 bits per heavy atom. The van der Waals surface area contributed by atoms with Crippen molar-refractivity contribution in [2.45, 2.75) is 58.5 Å². The Kier molecular flexibility index (Phi) is 8.31. The number of carbonyl (C=O) groups is 3. The van der Waals surface area contributed by atoms with Gasteiger partial charge in [-0.15, -0.1) is 0 Å². The first-order chi connectivity index (χ1) is 16.2. The Morgan fingerprint density at radius 3 is 2.00 bits per heavy atom. The molecule has 0 heterocycles. The van der Waals surface area contributed by atoms with E-state index in [4.69, 9.17) is 4.74 Å². The molecule has 7 nitrogen and oxygen atoms in total. The topological polar surface area (TPSA) is 105 Å². The van der Waals surface area contributed by atoms with Crippen LogP contribution < -0.4 is 10.6 Å². The molecule has 3 N–H and O–H groups in total. The summed E-state index contributed by atoms with van der Waals surface area (Å²) in [6.07, 6.45) is 0.0220. The van der Waals surface area contributed by atoms with Gasteiger partial charge in [0.15, 0.2) is 0 Å². The van der Waals surface area contributed by atoms with Crippen molar-refractivity contribution in [3.05, 3.63) is 59.7 Å². The second-order valence-electron chi connectivity index (χ2n) is 9.24. The van der Waals surface area contributed by atoms with E-state index in [1.165, 1.54) is 0 Å². The van der Waals surface area contributed by atoms with Gasteiger partial charge in [0.25, 0.3) is 0 Å². The number of hydrogen-bond acceptors (Lipinski definition) is 4. The quantitative estimate of drug-likeness (QED) is 0.476. The lowest BCUT2D eigenvalue weighted by Crippen LogP contribution is -2.46. The number of alkyl carbamates (subject to hydrolysis) is 1. The molecule has 0 spiro atoms. The Balaban J connectivity index is 1.55. The zero-order valence-electron chi connectivity index (χ0n) is 20.2. The molecule has 3 atom stereocenters. The summed E-state index contributed by atoms with van der Waals surface area (Å²) in [5, 5.41) is 15.0. The number of fused-ring (bicyclic) bond motifs is 3. The number of carboxylic acids is 1. The standard InChI is InChI=1S/C27H34N2O5/c1-5-18(14-24(30)28-17(4)25(16(2)3)26(31)32)29-27(33)34-15-23-21-12-8-6-10-19(21)20-11-7-9-13-22(20)23/h6-13,16-18,23,25H,5,14-15H2,1-4H3,(H,28,30)(H,29,33)(H,31,32)/t17?,18-,25?/m1/s1. The highest BCUT2D eigenvalue weighted by molar-refractivity contribution is 5.80. The van der Waals surface area contributed by atoms with Gasteiger partial charge in [0.2, 0.25) is 5.91 Å². The highest BCUT2D eigenvalue weighted by Crippen LogP contribution is 2.44. The summed E-state index contributed by atoms with van der Waals surface area (Å²) in [6.45, 7) is 7.40. The molecule has 2 unspecified atom stereocenters. The number of carbonyl (C=O) groups excluding carboxylic acids is 2. The molecule has 34 heavy (non-hydrogen) atoms. The minimum atomic E-state index is -0.938. The van der Waals surface area contributed by atoms with Gasteiger partial charge in [-0.3, -0.25) is 9.59 Å².